The van der Waals surface area contributed by atoms with Crippen LogP contribution >= 0.6 is 0 Å². The molecule has 7 heteroatoms. The Morgan fingerprint density at radius 3 is 2.65 bits per heavy atom. The lowest BCUT2D eigenvalue weighted by Gasteiger charge is -2.05. The van der Waals surface area contributed by atoms with Crippen molar-refractivity contribution < 1.29 is 14.1 Å². The quantitative estimate of drug-likeness (QED) is 0.405. The molecular formula is C16H10FN3O3. The Morgan fingerprint density at radius 1 is 1.26 bits per heavy atom. The van der Waals surface area contributed by atoms with Crippen LogP contribution in [0.3, 0.4) is 0 Å². The van der Waals surface area contributed by atoms with Gasteiger partial charge < -0.3 is 5.32 Å². The molecule has 2 aromatic carbocycles. The number of benzene rings is 2. The van der Waals surface area contributed by atoms with Crippen molar-refractivity contribution in [3.8, 4) is 6.07 Å². The molecular weight excluding hydrogens is 301 g/mol. The summed E-state index contributed by atoms with van der Waals surface area (Å²) in [6.45, 7) is 0. The summed E-state index contributed by atoms with van der Waals surface area (Å²) >= 11 is 0. The number of para-hydroxylation sites is 2. The number of amides is 1. The first kappa shape index (κ1) is 15.9. The van der Waals surface area contributed by atoms with Crippen LogP contribution in [-0.4, -0.2) is 10.8 Å². The van der Waals surface area contributed by atoms with E-state index in [2.05, 4.69) is 5.32 Å². The Bertz CT molecular complexity index is 840. The lowest BCUT2D eigenvalue weighted by Crippen LogP contribution is -2.14. The lowest BCUT2D eigenvalue weighted by molar-refractivity contribution is -0.383. The minimum Gasteiger partial charge on any atom is -0.316 e. The first-order valence-corrected chi connectivity index (χ1v) is 6.43. The number of nitrogens with zero attached hydrogens (tertiary/aromatic N) is 2. The number of anilines is 1. The molecule has 23 heavy (non-hydrogen) atoms. The summed E-state index contributed by atoms with van der Waals surface area (Å²) in [5.41, 5.74) is -0.278. The number of hydrogen-bond acceptors (Lipinski definition) is 4. The second kappa shape index (κ2) is 6.95. The van der Waals surface area contributed by atoms with Crippen LogP contribution in [0.25, 0.3) is 6.08 Å². The van der Waals surface area contributed by atoms with E-state index in [4.69, 9.17) is 5.26 Å². The molecule has 0 unspecified atom stereocenters. The SMILES string of the molecule is N#CC(=Cc1cccc(F)c1)C(=O)Nc1ccccc1[N+](=O)[O-]. The van der Waals surface area contributed by atoms with Crippen LogP contribution < -0.4 is 5.32 Å². The maximum absolute atomic E-state index is 13.1. The van der Waals surface area contributed by atoms with Gasteiger partial charge in [0.2, 0.25) is 0 Å². The normalized spacial score (nSPS) is 10.7. The highest BCUT2D eigenvalue weighted by molar-refractivity contribution is 6.10. The fraction of sp³-hybridized carbons (Fsp3) is 0. The van der Waals surface area contributed by atoms with Crippen molar-refractivity contribution in [2.24, 2.45) is 0 Å². The van der Waals surface area contributed by atoms with Gasteiger partial charge >= 0.3 is 0 Å². The van der Waals surface area contributed by atoms with E-state index in [9.17, 15) is 19.3 Å². The zero-order valence-corrected chi connectivity index (χ0v) is 11.7. The summed E-state index contributed by atoms with van der Waals surface area (Å²) in [6.07, 6.45) is 1.20. The van der Waals surface area contributed by atoms with E-state index < -0.39 is 16.6 Å². The van der Waals surface area contributed by atoms with Gasteiger partial charge in [-0.15, -0.1) is 0 Å². The molecule has 0 aromatic heterocycles. The molecule has 0 bridgehead atoms. The minimum atomic E-state index is -0.814. The van der Waals surface area contributed by atoms with Gasteiger partial charge in [-0.3, -0.25) is 14.9 Å². The number of rotatable bonds is 4. The molecule has 0 saturated heterocycles. The van der Waals surface area contributed by atoms with Gasteiger partial charge in [-0.2, -0.15) is 5.26 Å². The Kier molecular flexibility index (Phi) is 4.79. The molecule has 0 spiro atoms. The van der Waals surface area contributed by atoms with Crippen LogP contribution in [0.5, 0.6) is 0 Å². The van der Waals surface area contributed by atoms with Gasteiger partial charge in [0, 0.05) is 6.07 Å². The van der Waals surface area contributed by atoms with Crippen LogP contribution in [0.1, 0.15) is 5.56 Å². The molecule has 2 aromatic rings. The molecule has 0 saturated carbocycles. The second-order valence-electron chi connectivity index (χ2n) is 4.45. The number of nitrogens with one attached hydrogen (secondary N) is 1. The average molecular weight is 311 g/mol. The molecule has 6 nitrogen and oxygen atoms in total. The van der Waals surface area contributed by atoms with Gasteiger partial charge in [-0.05, 0) is 29.8 Å². The third kappa shape index (κ3) is 3.98. The standard InChI is InChI=1S/C16H10FN3O3/c17-13-5-3-4-11(9-13)8-12(10-18)16(21)19-14-6-1-2-7-15(14)20(22)23/h1-9H,(H,19,21). The fourth-order valence-corrected chi connectivity index (χ4v) is 1.84. The third-order valence-electron chi connectivity index (χ3n) is 2.87. The zero-order valence-electron chi connectivity index (χ0n) is 11.7. The number of carbonyl (C=O) groups excluding carboxylic acids is 1. The molecule has 0 heterocycles. The highest BCUT2D eigenvalue weighted by atomic mass is 19.1. The first-order valence-electron chi connectivity index (χ1n) is 6.43. The maximum Gasteiger partial charge on any atom is 0.292 e. The number of nitro benzene ring substituents is 1. The van der Waals surface area contributed by atoms with Gasteiger partial charge in [-0.1, -0.05) is 24.3 Å². The van der Waals surface area contributed by atoms with E-state index in [1.54, 1.807) is 6.07 Å². The van der Waals surface area contributed by atoms with Crippen LogP contribution in [0.4, 0.5) is 15.8 Å². The Balaban J connectivity index is 2.29. The van der Waals surface area contributed by atoms with Gasteiger partial charge in [0.25, 0.3) is 11.6 Å². The van der Waals surface area contributed by atoms with E-state index in [-0.39, 0.29) is 16.9 Å². The van der Waals surface area contributed by atoms with E-state index in [1.807, 2.05) is 0 Å². The molecule has 0 atom stereocenters. The topological polar surface area (TPSA) is 96.0 Å². The average Bonchev–Trinajstić information content (AvgIpc) is 2.53. The fourth-order valence-electron chi connectivity index (χ4n) is 1.84. The van der Waals surface area contributed by atoms with Crippen molar-refractivity contribution in [3.05, 3.63) is 75.6 Å². The number of nitriles is 1. The minimum absolute atomic E-state index is 0.0251. The van der Waals surface area contributed by atoms with Crippen LogP contribution in [0.2, 0.25) is 0 Å². The van der Waals surface area contributed by atoms with Crippen molar-refractivity contribution in [1.82, 2.24) is 0 Å². The van der Waals surface area contributed by atoms with E-state index in [1.165, 1.54) is 48.5 Å². The van der Waals surface area contributed by atoms with Crippen molar-refractivity contribution in [2.45, 2.75) is 0 Å². The number of hydrogen-bond donors (Lipinski definition) is 1. The molecule has 0 aliphatic heterocycles. The monoisotopic (exact) mass is 311 g/mol. The van der Waals surface area contributed by atoms with Crippen LogP contribution in [0.15, 0.2) is 54.1 Å². The Labute approximate surface area is 130 Å². The summed E-state index contributed by atoms with van der Waals surface area (Å²) in [5, 5.41) is 22.3. The molecule has 1 N–H and O–H groups in total. The zero-order chi connectivity index (χ0) is 16.8. The van der Waals surface area contributed by atoms with Crippen LogP contribution in [-0.2, 0) is 4.79 Å². The molecule has 2 rings (SSSR count). The lowest BCUT2D eigenvalue weighted by atomic mass is 10.1. The van der Waals surface area contributed by atoms with E-state index in [0.717, 1.165) is 6.07 Å². The Morgan fingerprint density at radius 2 is 2.00 bits per heavy atom. The van der Waals surface area contributed by atoms with E-state index in [0.29, 0.717) is 5.56 Å². The summed E-state index contributed by atoms with van der Waals surface area (Å²) < 4.78 is 13.1. The third-order valence-corrected chi connectivity index (χ3v) is 2.87. The predicted molar refractivity (Wildman–Crippen MR) is 81.7 cm³/mol. The summed E-state index contributed by atoms with van der Waals surface area (Å²) in [5.74, 6) is -1.32. The summed E-state index contributed by atoms with van der Waals surface area (Å²) in [6, 6.07) is 12.6. The van der Waals surface area contributed by atoms with Crippen molar-refractivity contribution in [2.75, 3.05) is 5.32 Å². The van der Waals surface area contributed by atoms with Crippen molar-refractivity contribution in [1.29, 1.82) is 5.26 Å². The summed E-state index contributed by atoms with van der Waals surface area (Å²) in [4.78, 5) is 22.4. The number of nitro groups is 1. The van der Waals surface area contributed by atoms with Gasteiger partial charge in [0.15, 0.2) is 0 Å². The molecule has 114 valence electrons. The second-order valence-corrected chi connectivity index (χ2v) is 4.45. The highest BCUT2D eigenvalue weighted by Gasteiger charge is 2.17. The maximum atomic E-state index is 13.1. The van der Waals surface area contributed by atoms with Crippen molar-refractivity contribution in [3.63, 3.8) is 0 Å². The molecule has 0 fully saturated rings. The molecule has 0 aliphatic rings. The number of carbonyl (C=O) groups is 1. The van der Waals surface area contributed by atoms with Gasteiger partial charge in [-0.25, -0.2) is 4.39 Å². The molecule has 0 aliphatic carbocycles. The molecule has 1 amide bonds. The summed E-state index contributed by atoms with van der Waals surface area (Å²) in [7, 11) is 0. The highest BCUT2D eigenvalue weighted by Crippen LogP contribution is 2.23. The van der Waals surface area contributed by atoms with Crippen molar-refractivity contribution >= 4 is 23.4 Å². The Hall–Kier alpha value is -3.53. The first-order chi connectivity index (χ1) is 11.0. The predicted octanol–water partition coefficient (Wildman–Crippen LogP) is 3.28. The number of halogens is 1. The van der Waals surface area contributed by atoms with Crippen LogP contribution in [0, 0.1) is 27.3 Å². The van der Waals surface area contributed by atoms with Gasteiger partial charge in [0.1, 0.15) is 23.1 Å². The van der Waals surface area contributed by atoms with Gasteiger partial charge in [0.05, 0.1) is 4.92 Å². The smallest absolute Gasteiger partial charge is 0.292 e. The van der Waals surface area contributed by atoms with E-state index >= 15 is 0 Å². The largest absolute Gasteiger partial charge is 0.316 e. The molecule has 0 radical (unpaired) electrons.